The van der Waals surface area contributed by atoms with Crippen LogP contribution >= 0.6 is 0 Å². The number of rotatable bonds is 17. The number of nitrogens with zero attached hydrogens (tertiary/aromatic N) is 3. The van der Waals surface area contributed by atoms with Gasteiger partial charge in [0, 0.05) is 42.9 Å². The van der Waals surface area contributed by atoms with E-state index in [9.17, 15) is 39.3 Å². The summed E-state index contributed by atoms with van der Waals surface area (Å²) in [6.07, 6.45) is 1.37. The number of aryl methyl sites for hydroxylation is 1. The number of aliphatic hydroxyl groups is 1. The Balaban J connectivity index is 1.48. The second-order valence-corrected chi connectivity index (χ2v) is 17.2. The molecule has 0 aliphatic carbocycles. The molecule has 0 unspecified atom stereocenters. The number of benzene rings is 3. The van der Waals surface area contributed by atoms with Crippen LogP contribution in [0.15, 0.2) is 60.8 Å². The minimum Gasteiger partial charge on any atom is -0.504 e. The maximum absolute atomic E-state index is 14.4. The van der Waals surface area contributed by atoms with Crippen molar-refractivity contribution in [1.29, 1.82) is 0 Å². The Morgan fingerprint density at radius 2 is 1.68 bits per heavy atom. The Kier molecular flexibility index (Phi) is 17.0. The van der Waals surface area contributed by atoms with Gasteiger partial charge in [-0.15, -0.1) is 0 Å². The van der Waals surface area contributed by atoms with E-state index in [1.165, 1.54) is 32.3 Å². The molecular formula is C47H60N8O11. The molecule has 1 aliphatic rings. The van der Waals surface area contributed by atoms with E-state index in [4.69, 9.17) is 25.7 Å². The molecule has 4 atom stereocenters. The number of fused-ring (bicyclic) bond motifs is 5. The number of likely N-dealkylation sites (N-methyl/N-ethyl adjacent to an activating group) is 1. The molecule has 0 radical (unpaired) electrons. The van der Waals surface area contributed by atoms with E-state index in [1.807, 2.05) is 24.3 Å². The van der Waals surface area contributed by atoms with Gasteiger partial charge in [0.1, 0.15) is 42.3 Å². The highest BCUT2D eigenvalue weighted by atomic mass is 16.5. The molecule has 0 saturated carbocycles. The fourth-order valence-electron chi connectivity index (χ4n) is 6.83. The summed E-state index contributed by atoms with van der Waals surface area (Å²) in [4.78, 5) is 77.7. The van der Waals surface area contributed by atoms with Crippen molar-refractivity contribution in [2.75, 3.05) is 46.5 Å². The first-order chi connectivity index (χ1) is 31.3. The predicted molar refractivity (Wildman–Crippen MR) is 244 cm³/mol. The second kappa shape index (κ2) is 22.4. The number of hydrogen-bond donors (Lipinski definition) is 8. The summed E-state index contributed by atoms with van der Waals surface area (Å²) in [5, 5.41) is 39.8. The van der Waals surface area contributed by atoms with Gasteiger partial charge in [0.2, 0.25) is 17.7 Å². The van der Waals surface area contributed by atoms with Crippen LogP contribution in [0, 0.1) is 12.3 Å². The molecule has 0 fully saturated rings. The number of carbonyl (C=O) groups excluding carboxylic acids is 4. The number of nitrogens with two attached hydrogens (primary N) is 2. The van der Waals surface area contributed by atoms with Crippen molar-refractivity contribution in [3.63, 3.8) is 0 Å². The SMILES string of the molecule is Cc1nc(-c2ccc(OCCC(C)(C)C)cc2)ncc1C(=O)NCC(=O)N(C)[C@@H]1C(=O)N[C@@H](C)C(=O)N[C@H](C(=O)O)Cc2ccc(OCCCN)c(c2)-c2cc1cc(OC[C@H](O)CN)c2O. The molecule has 19 heteroatoms. The Labute approximate surface area is 383 Å². The lowest BCUT2D eigenvalue weighted by molar-refractivity contribution is -0.142. The van der Waals surface area contributed by atoms with E-state index in [2.05, 4.69) is 46.7 Å². The number of hydrogen-bond acceptors (Lipinski definition) is 14. The van der Waals surface area contributed by atoms with Crippen molar-refractivity contribution in [1.82, 2.24) is 30.8 Å². The molecule has 66 heavy (non-hydrogen) atoms. The Morgan fingerprint density at radius 3 is 2.33 bits per heavy atom. The van der Waals surface area contributed by atoms with Gasteiger partial charge in [0.25, 0.3) is 5.91 Å². The van der Waals surface area contributed by atoms with Gasteiger partial charge in [-0.2, -0.15) is 0 Å². The molecule has 1 aliphatic heterocycles. The number of phenols is 1. The molecule has 4 amide bonds. The highest BCUT2D eigenvalue weighted by Gasteiger charge is 2.34. The smallest absolute Gasteiger partial charge is 0.326 e. The average Bonchev–Trinajstić information content (AvgIpc) is 3.27. The van der Waals surface area contributed by atoms with Crippen LogP contribution in [0.4, 0.5) is 0 Å². The van der Waals surface area contributed by atoms with Crippen LogP contribution in [0.5, 0.6) is 23.0 Å². The van der Waals surface area contributed by atoms with E-state index < -0.39 is 66.1 Å². The van der Waals surface area contributed by atoms with Crippen molar-refractivity contribution in [2.45, 2.75) is 78.1 Å². The number of aliphatic carboxylic acids is 1. The summed E-state index contributed by atoms with van der Waals surface area (Å²) in [6.45, 7) is 9.31. The number of aromatic nitrogens is 2. The molecule has 3 aromatic carbocycles. The van der Waals surface area contributed by atoms with Gasteiger partial charge in [0.05, 0.1) is 31.0 Å². The Morgan fingerprint density at radius 1 is 0.955 bits per heavy atom. The fourth-order valence-corrected chi connectivity index (χ4v) is 6.83. The third kappa shape index (κ3) is 13.1. The van der Waals surface area contributed by atoms with Gasteiger partial charge in [-0.1, -0.05) is 26.8 Å². The van der Waals surface area contributed by atoms with Gasteiger partial charge < -0.3 is 61.8 Å². The van der Waals surface area contributed by atoms with Crippen LogP contribution in [-0.4, -0.2) is 124 Å². The van der Waals surface area contributed by atoms with E-state index in [0.29, 0.717) is 48.0 Å². The van der Waals surface area contributed by atoms with Gasteiger partial charge in [-0.25, -0.2) is 14.8 Å². The maximum Gasteiger partial charge on any atom is 0.326 e. The zero-order valence-electron chi connectivity index (χ0n) is 38.1. The first-order valence-electron chi connectivity index (χ1n) is 21.6. The van der Waals surface area contributed by atoms with E-state index >= 15 is 0 Å². The molecule has 1 aromatic heterocycles. The van der Waals surface area contributed by atoms with Crippen LogP contribution in [0.2, 0.25) is 0 Å². The van der Waals surface area contributed by atoms with Crippen LogP contribution in [-0.2, 0) is 25.6 Å². The van der Waals surface area contributed by atoms with Crippen molar-refractivity contribution < 1.29 is 53.5 Å². The predicted octanol–water partition coefficient (Wildman–Crippen LogP) is 2.63. The number of ether oxygens (including phenoxy) is 3. The Hall–Kier alpha value is -6.83. The van der Waals surface area contributed by atoms with Crippen LogP contribution < -0.4 is 41.6 Å². The highest BCUT2D eigenvalue weighted by molar-refractivity contribution is 5.98. The van der Waals surface area contributed by atoms with Crippen molar-refractivity contribution in [3.8, 4) is 45.5 Å². The first-order valence-corrected chi connectivity index (χ1v) is 21.6. The Bertz CT molecular complexity index is 2390. The molecule has 5 rings (SSSR count). The lowest BCUT2D eigenvalue weighted by Crippen LogP contribution is -2.53. The molecule has 0 saturated heterocycles. The first kappa shape index (κ1) is 50.2. The minimum atomic E-state index is -1.56. The van der Waals surface area contributed by atoms with Crippen LogP contribution in [0.3, 0.4) is 0 Å². The lowest BCUT2D eigenvalue weighted by Gasteiger charge is -2.30. The minimum absolute atomic E-state index is 0.0570. The third-order valence-corrected chi connectivity index (χ3v) is 10.7. The summed E-state index contributed by atoms with van der Waals surface area (Å²) in [7, 11) is 1.31. The monoisotopic (exact) mass is 912 g/mol. The molecule has 4 aromatic rings. The number of amides is 4. The largest absolute Gasteiger partial charge is 0.504 e. The topological polar surface area (TPSA) is 291 Å². The van der Waals surface area contributed by atoms with E-state index in [0.717, 1.165) is 11.3 Å². The number of aromatic hydroxyl groups is 1. The average molecular weight is 913 g/mol. The number of carboxylic acids is 1. The molecule has 0 spiro atoms. The number of aliphatic hydroxyl groups excluding tert-OH is 1. The van der Waals surface area contributed by atoms with E-state index in [-0.39, 0.29) is 65.3 Å². The second-order valence-electron chi connectivity index (χ2n) is 17.2. The standard InChI is InChI=1S/C47H60N8O11/c1-26-35(23-50-42(52-26)29-9-11-32(12-10-29)64-17-14-47(3,4)5)44(60)51-24-39(57)55(6)40-30-20-34(41(58)38(21-30)66-25-31(56)22-49)33-18-28(8-13-37(33)65-16-7-15-48)19-36(46(62)63)54-43(59)27(2)53-45(40)61/h8-13,18,20-21,23,27,31,36,40,56,58H,7,14-17,19,22,24-25,48-49H2,1-6H3,(H,51,60)(H,53,61)(H,54,59)(H,62,63)/t27-,31+,36-,40-/m0/s1. The van der Waals surface area contributed by atoms with Gasteiger partial charge in [-0.05, 0) is 98.3 Å². The fraction of sp³-hybridized carbons (Fsp3) is 0.426. The molecule has 2 heterocycles. The highest BCUT2D eigenvalue weighted by Crippen LogP contribution is 2.44. The molecule has 10 N–H and O–H groups in total. The maximum atomic E-state index is 14.4. The van der Waals surface area contributed by atoms with Gasteiger partial charge in [0.15, 0.2) is 17.3 Å². The summed E-state index contributed by atoms with van der Waals surface area (Å²) in [5.74, 6) is -3.78. The number of carbonyl (C=O) groups is 5. The summed E-state index contributed by atoms with van der Waals surface area (Å²) in [6, 6.07) is 10.5. The third-order valence-electron chi connectivity index (χ3n) is 10.7. The van der Waals surface area contributed by atoms with E-state index in [1.54, 1.807) is 25.1 Å². The quantitative estimate of drug-likeness (QED) is 0.0707. The van der Waals surface area contributed by atoms with Crippen molar-refractivity contribution in [3.05, 3.63) is 83.2 Å². The van der Waals surface area contributed by atoms with Crippen LogP contribution in [0.1, 0.15) is 73.8 Å². The van der Waals surface area contributed by atoms with Crippen LogP contribution in [0.25, 0.3) is 22.5 Å². The molecule has 19 nitrogen and oxygen atoms in total. The molecule has 354 valence electrons. The molecule has 4 bridgehead atoms. The normalized spacial score (nSPS) is 16.8. The zero-order chi connectivity index (χ0) is 48.3. The van der Waals surface area contributed by atoms with Crippen molar-refractivity contribution in [2.24, 2.45) is 16.9 Å². The van der Waals surface area contributed by atoms with Gasteiger partial charge in [-0.3, -0.25) is 19.2 Å². The summed E-state index contributed by atoms with van der Waals surface area (Å²) in [5.41, 5.74) is 13.4. The number of phenolic OH excluding ortho intramolecular Hbond substituents is 1. The van der Waals surface area contributed by atoms with Gasteiger partial charge >= 0.3 is 5.97 Å². The summed E-state index contributed by atoms with van der Waals surface area (Å²) >= 11 is 0. The molecular weight excluding hydrogens is 853 g/mol. The number of nitrogens with one attached hydrogen (secondary N) is 3. The van der Waals surface area contributed by atoms with Crippen molar-refractivity contribution >= 4 is 29.6 Å². The number of carboxylic acid groups (broad SMARTS) is 1. The lowest BCUT2D eigenvalue weighted by atomic mass is 9.93. The zero-order valence-corrected chi connectivity index (χ0v) is 38.1. The summed E-state index contributed by atoms with van der Waals surface area (Å²) < 4.78 is 17.8.